The van der Waals surface area contributed by atoms with Crippen LogP contribution in [0.5, 0.6) is 0 Å². The molecule has 0 atom stereocenters. The SMILES string of the molecule is CCn1c2ccccc2c2cc(NC(=O)C(CC)(CC)CN)ccc21. The molecular weight excluding hydrogens is 310 g/mol. The van der Waals surface area contributed by atoms with E-state index in [1.165, 1.54) is 21.8 Å². The second-order valence-electron chi connectivity index (χ2n) is 6.64. The van der Waals surface area contributed by atoms with Gasteiger partial charge in [-0.2, -0.15) is 0 Å². The molecule has 3 rings (SSSR count). The number of benzene rings is 2. The topological polar surface area (TPSA) is 60.0 Å². The number of hydrogen-bond donors (Lipinski definition) is 2. The molecule has 0 fully saturated rings. The summed E-state index contributed by atoms with van der Waals surface area (Å²) in [4.78, 5) is 12.8. The highest BCUT2D eigenvalue weighted by atomic mass is 16.2. The Morgan fingerprint density at radius 3 is 2.36 bits per heavy atom. The molecule has 1 amide bonds. The van der Waals surface area contributed by atoms with Crippen molar-refractivity contribution in [3.05, 3.63) is 42.5 Å². The maximum absolute atomic E-state index is 12.8. The number of aromatic nitrogens is 1. The summed E-state index contributed by atoms with van der Waals surface area (Å²) in [7, 11) is 0. The van der Waals surface area contributed by atoms with Crippen LogP contribution in [0.4, 0.5) is 5.69 Å². The van der Waals surface area contributed by atoms with Gasteiger partial charge in [0.25, 0.3) is 0 Å². The second kappa shape index (κ2) is 6.89. The van der Waals surface area contributed by atoms with Crippen LogP contribution in [0.15, 0.2) is 42.5 Å². The number of carbonyl (C=O) groups is 1. The van der Waals surface area contributed by atoms with Crippen molar-refractivity contribution in [3.8, 4) is 0 Å². The molecule has 0 saturated heterocycles. The molecular formula is C21H27N3O. The Bertz CT molecular complexity index is 898. The predicted octanol–water partition coefficient (Wildman–Crippen LogP) is 4.52. The Balaban J connectivity index is 2.05. The van der Waals surface area contributed by atoms with Crippen LogP contribution in [0.2, 0.25) is 0 Å². The molecule has 0 aliphatic heterocycles. The summed E-state index contributed by atoms with van der Waals surface area (Å²) in [5.74, 6) is 0.0126. The first kappa shape index (κ1) is 17.5. The predicted molar refractivity (Wildman–Crippen MR) is 106 cm³/mol. The Hall–Kier alpha value is -2.33. The molecule has 3 N–H and O–H groups in total. The summed E-state index contributed by atoms with van der Waals surface area (Å²) in [6, 6.07) is 14.6. The molecule has 0 radical (unpaired) electrons. The van der Waals surface area contributed by atoms with Crippen LogP contribution in [-0.2, 0) is 11.3 Å². The van der Waals surface area contributed by atoms with Crippen molar-refractivity contribution < 1.29 is 4.79 Å². The van der Waals surface area contributed by atoms with Gasteiger partial charge in [-0.1, -0.05) is 32.0 Å². The highest BCUT2D eigenvalue weighted by molar-refractivity contribution is 6.10. The lowest BCUT2D eigenvalue weighted by molar-refractivity contribution is -0.125. The number of nitrogens with one attached hydrogen (secondary N) is 1. The highest BCUT2D eigenvalue weighted by Crippen LogP contribution is 2.32. The van der Waals surface area contributed by atoms with Crippen LogP contribution >= 0.6 is 0 Å². The third kappa shape index (κ3) is 2.81. The number of aryl methyl sites for hydroxylation is 1. The number of nitrogens with zero attached hydrogens (tertiary/aromatic N) is 1. The van der Waals surface area contributed by atoms with Crippen LogP contribution in [0.25, 0.3) is 21.8 Å². The van der Waals surface area contributed by atoms with Gasteiger partial charge >= 0.3 is 0 Å². The van der Waals surface area contributed by atoms with Crippen molar-refractivity contribution in [2.45, 2.75) is 40.2 Å². The monoisotopic (exact) mass is 337 g/mol. The van der Waals surface area contributed by atoms with Crippen LogP contribution in [0.1, 0.15) is 33.6 Å². The molecule has 0 aliphatic carbocycles. The maximum atomic E-state index is 12.8. The van der Waals surface area contributed by atoms with Gasteiger partial charge in [0.1, 0.15) is 0 Å². The normalized spacial score (nSPS) is 12.0. The molecule has 0 saturated carbocycles. The Morgan fingerprint density at radius 2 is 1.72 bits per heavy atom. The van der Waals surface area contributed by atoms with Gasteiger partial charge in [-0.05, 0) is 44.0 Å². The van der Waals surface area contributed by atoms with Crippen LogP contribution in [-0.4, -0.2) is 17.0 Å². The minimum atomic E-state index is -0.494. The Kier molecular flexibility index (Phi) is 4.82. The number of fused-ring (bicyclic) bond motifs is 3. The van der Waals surface area contributed by atoms with E-state index >= 15 is 0 Å². The minimum absolute atomic E-state index is 0.0126. The fraction of sp³-hybridized carbons (Fsp3) is 0.381. The van der Waals surface area contributed by atoms with Crippen LogP contribution in [0.3, 0.4) is 0 Å². The standard InChI is InChI=1S/C21H27N3O/c1-4-21(5-2,14-22)20(25)23-15-11-12-19-17(13-15)16-9-7-8-10-18(16)24(19)6-3/h7-13H,4-6,14,22H2,1-3H3,(H,23,25). The number of nitrogens with two attached hydrogens (primary N) is 1. The second-order valence-corrected chi connectivity index (χ2v) is 6.64. The van der Waals surface area contributed by atoms with Crippen LogP contribution < -0.4 is 11.1 Å². The van der Waals surface area contributed by atoms with E-state index in [0.29, 0.717) is 6.54 Å². The smallest absolute Gasteiger partial charge is 0.231 e. The first-order valence-corrected chi connectivity index (χ1v) is 9.12. The van der Waals surface area contributed by atoms with Crippen molar-refractivity contribution in [1.82, 2.24) is 4.57 Å². The summed E-state index contributed by atoms with van der Waals surface area (Å²) < 4.78 is 2.30. The maximum Gasteiger partial charge on any atom is 0.231 e. The summed E-state index contributed by atoms with van der Waals surface area (Å²) >= 11 is 0. The van der Waals surface area contributed by atoms with E-state index in [1.54, 1.807) is 0 Å². The Morgan fingerprint density at radius 1 is 1.04 bits per heavy atom. The van der Waals surface area contributed by atoms with Crippen molar-refractivity contribution in [1.29, 1.82) is 0 Å². The zero-order chi connectivity index (χ0) is 18.0. The van der Waals surface area contributed by atoms with Gasteiger partial charge in [0.2, 0.25) is 5.91 Å². The fourth-order valence-corrected chi connectivity index (χ4v) is 3.69. The lowest BCUT2D eigenvalue weighted by atomic mass is 9.81. The van der Waals surface area contributed by atoms with Gasteiger partial charge in [-0.15, -0.1) is 0 Å². The van der Waals surface area contributed by atoms with E-state index in [0.717, 1.165) is 25.1 Å². The average Bonchev–Trinajstić information content (AvgIpc) is 2.97. The number of hydrogen-bond acceptors (Lipinski definition) is 2. The van der Waals surface area contributed by atoms with Crippen molar-refractivity contribution in [3.63, 3.8) is 0 Å². The molecule has 0 aliphatic rings. The molecule has 4 nitrogen and oxygen atoms in total. The third-order valence-corrected chi connectivity index (χ3v) is 5.57. The molecule has 1 aromatic heterocycles. The third-order valence-electron chi connectivity index (χ3n) is 5.57. The van der Waals surface area contributed by atoms with E-state index in [4.69, 9.17) is 5.73 Å². The molecule has 0 spiro atoms. The molecule has 1 heterocycles. The van der Waals surface area contributed by atoms with E-state index in [2.05, 4.69) is 53.2 Å². The Labute approximate surface area is 149 Å². The van der Waals surface area contributed by atoms with Crippen LogP contribution in [0, 0.1) is 5.41 Å². The molecule has 3 aromatic rings. The lowest BCUT2D eigenvalue weighted by Gasteiger charge is -2.28. The quantitative estimate of drug-likeness (QED) is 0.695. The summed E-state index contributed by atoms with van der Waals surface area (Å²) in [6.45, 7) is 7.47. The van der Waals surface area contributed by atoms with Crippen molar-refractivity contribution in [2.24, 2.45) is 11.1 Å². The molecule has 2 aromatic carbocycles. The zero-order valence-corrected chi connectivity index (χ0v) is 15.3. The van der Waals surface area contributed by atoms with Gasteiger partial charge in [0.05, 0.1) is 5.41 Å². The van der Waals surface area contributed by atoms with Gasteiger partial charge < -0.3 is 15.6 Å². The molecule has 0 unspecified atom stereocenters. The van der Waals surface area contributed by atoms with Crippen molar-refractivity contribution in [2.75, 3.05) is 11.9 Å². The number of amides is 1. The summed E-state index contributed by atoms with van der Waals surface area (Å²) in [5.41, 5.74) is 8.66. The molecule has 4 heteroatoms. The van der Waals surface area contributed by atoms with Gasteiger partial charge in [0, 0.05) is 40.6 Å². The van der Waals surface area contributed by atoms with Gasteiger partial charge in [-0.25, -0.2) is 0 Å². The zero-order valence-electron chi connectivity index (χ0n) is 15.3. The van der Waals surface area contributed by atoms with Gasteiger partial charge in [-0.3, -0.25) is 4.79 Å². The highest BCUT2D eigenvalue weighted by Gasteiger charge is 2.33. The van der Waals surface area contributed by atoms with E-state index < -0.39 is 5.41 Å². The molecule has 25 heavy (non-hydrogen) atoms. The first-order valence-electron chi connectivity index (χ1n) is 9.12. The lowest BCUT2D eigenvalue weighted by Crippen LogP contribution is -2.41. The summed E-state index contributed by atoms with van der Waals surface area (Å²) in [5, 5.41) is 5.47. The number of anilines is 1. The molecule has 132 valence electrons. The molecule has 0 bridgehead atoms. The number of para-hydroxylation sites is 1. The van der Waals surface area contributed by atoms with Crippen molar-refractivity contribution >= 4 is 33.4 Å². The summed E-state index contributed by atoms with van der Waals surface area (Å²) in [6.07, 6.45) is 1.48. The number of carbonyl (C=O) groups excluding carboxylic acids is 1. The first-order chi connectivity index (χ1) is 12.1. The largest absolute Gasteiger partial charge is 0.341 e. The van der Waals surface area contributed by atoms with E-state index in [1.807, 2.05) is 19.9 Å². The van der Waals surface area contributed by atoms with Gasteiger partial charge in [0.15, 0.2) is 0 Å². The number of rotatable bonds is 6. The average molecular weight is 337 g/mol. The van der Waals surface area contributed by atoms with E-state index in [-0.39, 0.29) is 5.91 Å². The fourth-order valence-electron chi connectivity index (χ4n) is 3.69. The van der Waals surface area contributed by atoms with E-state index in [9.17, 15) is 4.79 Å². The minimum Gasteiger partial charge on any atom is -0.341 e.